The number of nitrogens with zero attached hydrogens (tertiary/aromatic N) is 2. The normalized spacial score (nSPS) is 11.5. The highest BCUT2D eigenvalue weighted by molar-refractivity contribution is 6.22. The molecular formula is C85H74N2. The molecule has 0 N–H and O–H groups in total. The maximum atomic E-state index is 2.40. The van der Waals surface area contributed by atoms with Crippen molar-refractivity contribution in [2.24, 2.45) is 0 Å². The molecule has 0 bridgehead atoms. The molecule has 0 fully saturated rings. The van der Waals surface area contributed by atoms with Crippen LogP contribution in [0, 0.1) is 55.4 Å². The Balaban J connectivity index is 0.889. The highest BCUT2D eigenvalue weighted by Crippen LogP contribution is 2.48. The van der Waals surface area contributed by atoms with Gasteiger partial charge in [0.1, 0.15) is 0 Å². The molecule has 0 unspecified atom stereocenters. The van der Waals surface area contributed by atoms with Gasteiger partial charge in [0, 0.05) is 46.0 Å². The molecule has 0 saturated carbocycles. The molecule has 13 aromatic rings. The molecule has 0 radical (unpaired) electrons. The van der Waals surface area contributed by atoms with Crippen LogP contribution in [0.1, 0.15) is 89.7 Å². The first-order valence-electron chi connectivity index (χ1n) is 30.7. The van der Waals surface area contributed by atoms with E-state index in [9.17, 15) is 0 Å². The van der Waals surface area contributed by atoms with Crippen molar-refractivity contribution >= 4 is 55.7 Å². The van der Waals surface area contributed by atoms with Gasteiger partial charge in [0.25, 0.3) is 0 Å². The summed E-state index contributed by atoms with van der Waals surface area (Å²) < 4.78 is 0. The summed E-state index contributed by atoms with van der Waals surface area (Å²) in [6, 6.07) is 105. The fourth-order valence-electron chi connectivity index (χ4n) is 12.9. The zero-order valence-electron chi connectivity index (χ0n) is 51.3. The Hall–Kier alpha value is -10.0. The number of fused-ring (bicyclic) bond motifs is 3. The second kappa shape index (κ2) is 24.2. The van der Waals surface area contributed by atoms with E-state index in [2.05, 4.69) is 344 Å². The summed E-state index contributed by atoms with van der Waals surface area (Å²) in [4.78, 5) is 4.79. The first kappa shape index (κ1) is 56.1. The van der Waals surface area contributed by atoms with Gasteiger partial charge in [-0.25, -0.2) is 0 Å². The predicted octanol–water partition coefficient (Wildman–Crippen LogP) is 23.3. The van der Waals surface area contributed by atoms with Crippen molar-refractivity contribution in [3.63, 3.8) is 0 Å². The molecule has 0 aliphatic rings. The van der Waals surface area contributed by atoms with Gasteiger partial charge in [-0.1, -0.05) is 251 Å². The third-order valence-corrected chi connectivity index (χ3v) is 17.7. The van der Waals surface area contributed by atoms with Crippen molar-refractivity contribution in [3.05, 3.63) is 357 Å². The average molecular weight is 1120 g/mol. The Morgan fingerprint density at radius 1 is 0.230 bits per heavy atom. The van der Waals surface area contributed by atoms with Crippen LogP contribution in [0.3, 0.4) is 0 Å². The van der Waals surface area contributed by atoms with Crippen LogP contribution in [0.15, 0.2) is 279 Å². The van der Waals surface area contributed by atoms with Crippen LogP contribution in [0.4, 0.5) is 34.1 Å². The SMILES string of the molecule is Cc1ccc(C(Cc2ccc(N(c3ccc(C)cc3)c3ccc(-c4c(-c5ccc(N(c6ccc(C)cc6)c6ccc(C(c7ccc(C)cc7)c7ccc(C)cc7)cc6)cc5)c5cc(C)ccc5c5ccc(C)cc45)cc3)cc2)c2ccc(C)cc2)cc1. The standard InChI is InChI=1S/C85H74N2/c1-56-9-25-65(26-10-56)80(66-27-11-57(2)12-28-66)55-64-23-43-74(44-24-64)86(72-39-17-60(5)18-40-72)76-47-35-70(36-48-76)84-81-53-62(7)21-51-78(81)79-52-22-63(8)54-82(79)85(84)71-37-49-77(50-38-71)87(73-41-19-61(6)20-42-73)75-45-33-69(34-46-75)83(67-29-13-58(3)14-30-67)68-31-15-59(4)16-32-68/h9-54,80,83H,55H2,1-8H3. The minimum Gasteiger partial charge on any atom is -0.311 e. The van der Waals surface area contributed by atoms with Crippen LogP contribution in [0.5, 0.6) is 0 Å². The maximum Gasteiger partial charge on any atom is 0.0462 e. The van der Waals surface area contributed by atoms with Gasteiger partial charge in [0.05, 0.1) is 0 Å². The second-order valence-electron chi connectivity index (χ2n) is 24.4. The summed E-state index contributed by atoms with van der Waals surface area (Å²) in [5.74, 6) is 0.343. The Labute approximate surface area is 515 Å². The summed E-state index contributed by atoms with van der Waals surface area (Å²) >= 11 is 0. The lowest BCUT2D eigenvalue weighted by Crippen LogP contribution is -2.11. The van der Waals surface area contributed by atoms with Crippen molar-refractivity contribution in [3.8, 4) is 22.3 Å². The number of aryl methyl sites for hydroxylation is 8. The molecule has 0 aliphatic carbocycles. The van der Waals surface area contributed by atoms with Gasteiger partial charge >= 0.3 is 0 Å². The lowest BCUT2D eigenvalue weighted by molar-refractivity contribution is 0.804. The van der Waals surface area contributed by atoms with E-state index in [0.717, 1.165) is 40.5 Å². The molecule has 0 aromatic heterocycles. The second-order valence-corrected chi connectivity index (χ2v) is 24.4. The van der Waals surface area contributed by atoms with Gasteiger partial charge in [-0.3, -0.25) is 0 Å². The summed E-state index contributed by atoms with van der Waals surface area (Å²) in [6.45, 7) is 17.4. The number of hydrogen-bond donors (Lipinski definition) is 0. The van der Waals surface area contributed by atoms with Crippen molar-refractivity contribution in [1.82, 2.24) is 0 Å². The van der Waals surface area contributed by atoms with Crippen molar-refractivity contribution in [1.29, 1.82) is 0 Å². The number of anilines is 6. The van der Waals surface area contributed by atoms with Gasteiger partial charge in [-0.15, -0.1) is 0 Å². The van der Waals surface area contributed by atoms with Crippen LogP contribution in [-0.2, 0) is 6.42 Å². The molecule has 424 valence electrons. The molecule has 87 heavy (non-hydrogen) atoms. The highest BCUT2D eigenvalue weighted by Gasteiger charge is 2.23. The van der Waals surface area contributed by atoms with Crippen molar-refractivity contribution in [2.45, 2.75) is 73.6 Å². The first-order valence-corrected chi connectivity index (χ1v) is 30.7. The zero-order valence-corrected chi connectivity index (χ0v) is 51.3. The molecule has 0 spiro atoms. The van der Waals surface area contributed by atoms with E-state index >= 15 is 0 Å². The van der Waals surface area contributed by atoms with Crippen LogP contribution in [-0.4, -0.2) is 0 Å². The number of benzene rings is 13. The van der Waals surface area contributed by atoms with E-state index < -0.39 is 0 Å². The molecule has 0 saturated heterocycles. The van der Waals surface area contributed by atoms with Gasteiger partial charge in [0.15, 0.2) is 0 Å². The summed E-state index contributed by atoms with van der Waals surface area (Å²) in [5.41, 5.74) is 29.2. The van der Waals surface area contributed by atoms with E-state index in [4.69, 9.17) is 0 Å². The minimum atomic E-state index is 0.102. The Morgan fingerprint density at radius 3 is 0.793 bits per heavy atom. The fraction of sp³-hybridized carbons (Fsp3) is 0.129. The van der Waals surface area contributed by atoms with E-state index in [-0.39, 0.29) is 11.8 Å². The smallest absolute Gasteiger partial charge is 0.0462 e. The third-order valence-electron chi connectivity index (χ3n) is 17.7. The van der Waals surface area contributed by atoms with Crippen LogP contribution < -0.4 is 9.80 Å². The molecular weight excluding hydrogens is 1050 g/mol. The van der Waals surface area contributed by atoms with Gasteiger partial charge in [0.2, 0.25) is 0 Å². The average Bonchev–Trinajstić information content (AvgIpc) is 1.04. The van der Waals surface area contributed by atoms with E-state index in [1.54, 1.807) is 0 Å². The Bertz CT molecular complexity index is 4430. The summed E-state index contributed by atoms with van der Waals surface area (Å²) in [5, 5.41) is 5.00. The van der Waals surface area contributed by atoms with Crippen LogP contribution >= 0.6 is 0 Å². The topological polar surface area (TPSA) is 6.48 Å². The summed E-state index contributed by atoms with van der Waals surface area (Å²) in [7, 11) is 0. The quantitative estimate of drug-likeness (QED) is 0.0746. The third kappa shape index (κ3) is 11.8. The monoisotopic (exact) mass is 1120 g/mol. The number of rotatable bonds is 15. The Morgan fingerprint density at radius 2 is 0.471 bits per heavy atom. The van der Waals surface area contributed by atoms with Gasteiger partial charge < -0.3 is 9.80 Å². The minimum absolute atomic E-state index is 0.102. The van der Waals surface area contributed by atoms with E-state index in [1.807, 2.05) is 0 Å². The Kier molecular flexibility index (Phi) is 15.6. The summed E-state index contributed by atoms with van der Waals surface area (Å²) in [6.07, 6.45) is 0.902. The van der Waals surface area contributed by atoms with Crippen LogP contribution in [0.25, 0.3) is 43.8 Å². The molecule has 2 nitrogen and oxygen atoms in total. The molecule has 0 heterocycles. The number of hydrogen-bond acceptors (Lipinski definition) is 2. The fourth-order valence-corrected chi connectivity index (χ4v) is 12.9. The van der Waals surface area contributed by atoms with Crippen molar-refractivity contribution < 1.29 is 0 Å². The highest BCUT2D eigenvalue weighted by atomic mass is 15.1. The lowest BCUT2D eigenvalue weighted by atomic mass is 9.84. The van der Waals surface area contributed by atoms with E-state index in [0.29, 0.717) is 0 Å². The maximum absolute atomic E-state index is 2.40. The molecule has 0 aliphatic heterocycles. The largest absolute Gasteiger partial charge is 0.311 e. The molecule has 0 amide bonds. The predicted molar refractivity (Wildman–Crippen MR) is 372 cm³/mol. The van der Waals surface area contributed by atoms with Gasteiger partial charge in [-0.2, -0.15) is 0 Å². The van der Waals surface area contributed by atoms with E-state index in [1.165, 1.54) is 122 Å². The lowest BCUT2D eigenvalue weighted by Gasteiger charge is -2.27. The molecule has 0 atom stereocenters. The molecule has 2 heteroatoms. The molecule has 13 rings (SSSR count). The van der Waals surface area contributed by atoms with Crippen LogP contribution in [0.2, 0.25) is 0 Å². The van der Waals surface area contributed by atoms with Crippen molar-refractivity contribution in [2.75, 3.05) is 9.80 Å². The van der Waals surface area contributed by atoms with Gasteiger partial charge in [-0.05, 0) is 212 Å². The zero-order chi connectivity index (χ0) is 59.7. The first-order chi connectivity index (χ1) is 42.4. The molecule has 13 aromatic carbocycles.